The summed E-state index contributed by atoms with van der Waals surface area (Å²) in [6.45, 7) is 5.49. The maximum atomic E-state index is 5.38. The molecule has 1 aliphatic rings. The second-order valence-corrected chi connectivity index (χ2v) is 4.94. The van der Waals surface area contributed by atoms with Crippen molar-refractivity contribution >= 4 is 29.9 Å². The largest absolute Gasteiger partial charge is 0.454 e. The summed E-state index contributed by atoms with van der Waals surface area (Å²) >= 11 is 0. The molecule has 1 aromatic rings. The van der Waals surface area contributed by atoms with Gasteiger partial charge in [-0.2, -0.15) is 0 Å². The second kappa shape index (κ2) is 11.3. The van der Waals surface area contributed by atoms with Crippen LogP contribution in [0.4, 0.5) is 0 Å². The first-order chi connectivity index (χ1) is 10.8. The molecule has 0 unspecified atom stereocenters. The van der Waals surface area contributed by atoms with Gasteiger partial charge in [0, 0.05) is 33.4 Å². The Morgan fingerprint density at radius 3 is 2.83 bits per heavy atom. The predicted molar refractivity (Wildman–Crippen MR) is 102 cm³/mol. The van der Waals surface area contributed by atoms with Crippen LogP contribution in [0.15, 0.2) is 23.2 Å². The van der Waals surface area contributed by atoms with E-state index < -0.39 is 0 Å². The highest BCUT2D eigenvalue weighted by atomic mass is 127. The van der Waals surface area contributed by atoms with Gasteiger partial charge in [-0.3, -0.25) is 4.99 Å². The quantitative estimate of drug-likeness (QED) is 0.285. The smallest absolute Gasteiger partial charge is 0.231 e. The molecule has 1 heterocycles. The number of hydrogen-bond acceptors (Lipinski definition) is 4. The Hall–Kier alpha value is -1.22. The van der Waals surface area contributed by atoms with Gasteiger partial charge in [0.2, 0.25) is 6.79 Å². The first-order valence-electron chi connectivity index (χ1n) is 7.74. The minimum atomic E-state index is 0. The molecule has 130 valence electrons. The molecule has 0 saturated carbocycles. The summed E-state index contributed by atoms with van der Waals surface area (Å²) in [5.74, 6) is 2.41. The Morgan fingerprint density at radius 2 is 2.04 bits per heavy atom. The molecule has 0 radical (unpaired) electrons. The Morgan fingerprint density at radius 1 is 1.22 bits per heavy atom. The van der Waals surface area contributed by atoms with Crippen molar-refractivity contribution in [2.75, 3.05) is 33.6 Å². The topological polar surface area (TPSA) is 64.1 Å². The van der Waals surface area contributed by atoms with Crippen LogP contribution < -0.4 is 20.1 Å². The Bertz CT molecular complexity index is 497. The van der Waals surface area contributed by atoms with E-state index in [0.29, 0.717) is 13.3 Å². The normalized spacial score (nSPS) is 12.7. The maximum Gasteiger partial charge on any atom is 0.231 e. The van der Waals surface area contributed by atoms with Crippen molar-refractivity contribution in [3.63, 3.8) is 0 Å². The molecule has 2 rings (SSSR count). The third-order valence-electron chi connectivity index (χ3n) is 3.33. The monoisotopic (exact) mass is 435 g/mol. The summed E-state index contributed by atoms with van der Waals surface area (Å²) < 4.78 is 16.0. The summed E-state index contributed by atoms with van der Waals surface area (Å²) in [4.78, 5) is 4.22. The summed E-state index contributed by atoms with van der Waals surface area (Å²) in [7, 11) is 1.77. The zero-order valence-electron chi connectivity index (χ0n) is 13.8. The van der Waals surface area contributed by atoms with Gasteiger partial charge in [0.25, 0.3) is 0 Å². The Labute approximate surface area is 155 Å². The van der Waals surface area contributed by atoms with E-state index in [1.165, 1.54) is 0 Å². The summed E-state index contributed by atoms with van der Waals surface area (Å²) in [6.07, 6.45) is 2.12. The highest BCUT2D eigenvalue weighted by Crippen LogP contribution is 2.32. The van der Waals surface area contributed by atoms with Crippen LogP contribution in [0.2, 0.25) is 0 Å². The van der Waals surface area contributed by atoms with Gasteiger partial charge in [0.1, 0.15) is 0 Å². The Balaban J connectivity index is 0.00000264. The number of nitrogens with one attached hydrogen (secondary N) is 2. The average Bonchev–Trinajstić information content (AvgIpc) is 3.01. The highest BCUT2D eigenvalue weighted by Gasteiger charge is 2.13. The molecule has 0 saturated heterocycles. The van der Waals surface area contributed by atoms with E-state index >= 15 is 0 Å². The third kappa shape index (κ3) is 6.82. The van der Waals surface area contributed by atoms with Crippen LogP contribution >= 0.6 is 24.0 Å². The van der Waals surface area contributed by atoms with Crippen LogP contribution in [0.25, 0.3) is 0 Å². The van der Waals surface area contributed by atoms with Gasteiger partial charge in [-0.05, 0) is 37.5 Å². The molecule has 23 heavy (non-hydrogen) atoms. The molecule has 0 spiro atoms. The van der Waals surface area contributed by atoms with Crippen molar-refractivity contribution in [1.29, 1.82) is 0 Å². The van der Waals surface area contributed by atoms with Crippen LogP contribution in [0.3, 0.4) is 0 Å². The van der Waals surface area contributed by atoms with E-state index in [9.17, 15) is 0 Å². The minimum absolute atomic E-state index is 0. The van der Waals surface area contributed by atoms with Crippen LogP contribution in [0.5, 0.6) is 11.5 Å². The number of halogens is 1. The zero-order valence-corrected chi connectivity index (χ0v) is 16.1. The van der Waals surface area contributed by atoms with Gasteiger partial charge in [0.15, 0.2) is 17.5 Å². The van der Waals surface area contributed by atoms with Crippen molar-refractivity contribution < 1.29 is 14.2 Å². The van der Waals surface area contributed by atoms with E-state index in [0.717, 1.165) is 55.6 Å². The van der Waals surface area contributed by atoms with Crippen LogP contribution in [0, 0.1) is 0 Å². The lowest BCUT2D eigenvalue weighted by atomic mass is 10.2. The van der Waals surface area contributed by atoms with Gasteiger partial charge < -0.3 is 24.8 Å². The molecule has 1 aliphatic heterocycles. The molecular formula is C16H26IN3O3. The van der Waals surface area contributed by atoms with Crippen molar-refractivity contribution in [2.24, 2.45) is 4.99 Å². The number of rotatable bonds is 8. The molecule has 6 nitrogen and oxygen atoms in total. The molecule has 1 aromatic carbocycles. The molecule has 0 fully saturated rings. The van der Waals surface area contributed by atoms with E-state index in [-0.39, 0.29) is 24.0 Å². The number of guanidine groups is 1. The molecule has 0 aliphatic carbocycles. The predicted octanol–water partition coefficient (Wildman–Crippen LogP) is 2.52. The lowest BCUT2D eigenvalue weighted by Crippen LogP contribution is -2.37. The van der Waals surface area contributed by atoms with E-state index in [4.69, 9.17) is 14.2 Å². The third-order valence-corrected chi connectivity index (χ3v) is 3.33. The fourth-order valence-electron chi connectivity index (χ4n) is 2.14. The van der Waals surface area contributed by atoms with Crippen LogP contribution in [0.1, 0.15) is 25.3 Å². The lowest BCUT2D eigenvalue weighted by Gasteiger charge is -2.12. The van der Waals surface area contributed by atoms with Crippen molar-refractivity contribution in [3.05, 3.63) is 23.8 Å². The first-order valence-corrected chi connectivity index (χ1v) is 7.74. The summed E-state index contributed by atoms with van der Waals surface area (Å²) in [5, 5.41) is 6.59. The number of nitrogens with zero attached hydrogens (tertiary/aromatic N) is 1. The lowest BCUT2D eigenvalue weighted by molar-refractivity contribution is 0.143. The fraction of sp³-hybridized carbons (Fsp3) is 0.562. The molecule has 7 heteroatoms. The Kier molecular flexibility index (Phi) is 9.77. The van der Waals surface area contributed by atoms with E-state index in [1.54, 1.807) is 7.05 Å². The standard InChI is InChI=1S/C16H25N3O3.HI/c1-3-20-9-5-4-8-18-16(17-2)19-11-13-6-7-14-15(10-13)22-12-21-14;/h6-7,10H,3-5,8-9,11-12H2,1-2H3,(H2,17,18,19);1H. The minimum Gasteiger partial charge on any atom is -0.454 e. The number of hydrogen-bond donors (Lipinski definition) is 2. The van der Waals surface area contributed by atoms with Gasteiger partial charge in [-0.1, -0.05) is 6.07 Å². The molecule has 0 bridgehead atoms. The number of fused-ring (bicyclic) bond motifs is 1. The number of unbranched alkanes of at least 4 members (excludes halogenated alkanes) is 1. The first kappa shape index (κ1) is 19.8. The molecule has 0 aromatic heterocycles. The number of aliphatic imine (C=N–C) groups is 1. The SMILES string of the molecule is CCOCCCCNC(=NC)NCc1ccc2c(c1)OCO2.I. The molecule has 0 amide bonds. The van der Waals surface area contributed by atoms with Crippen molar-refractivity contribution in [3.8, 4) is 11.5 Å². The highest BCUT2D eigenvalue weighted by molar-refractivity contribution is 14.0. The van der Waals surface area contributed by atoms with Crippen LogP contribution in [-0.2, 0) is 11.3 Å². The molecule has 2 N–H and O–H groups in total. The van der Waals surface area contributed by atoms with Crippen LogP contribution in [-0.4, -0.2) is 39.6 Å². The second-order valence-electron chi connectivity index (χ2n) is 4.94. The molecular weight excluding hydrogens is 409 g/mol. The van der Waals surface area contributed by atoms with E-state index in [2.05, 4.69) is 15.6 Å². The van der Waals surface area contributed by atoms with Crippen molar-refractivity contribution in [2.45, 2.75) is 26.3 Å². The number of benzene rings is 1. The van der Waals surface area contributed by atoms with Crippen molar-refractivity contribution in [1.82, 2.24) is 10.6 Å². The zero-order chi connectivity index (χ0) is 15.6. The van der Waals surface area contributed by atoms with Gasteiger partial charge in [-0.15, -0.1) is 24.0 Å². The van der Waals surface area contributed by atoms with E-state index in [1.807, 2.05) is 25.1 Å². The van der Waals surface area contributed by atoms with Gasteiger partial charge in [-0.25, -0.2) is 0 Å². The number of ether oxygens (including phenoxy) is 3. The fourth-order valence-corrected chi connectivity index (χ4v) is 2.14. The molecule has 0 atom stereocenters. The maximum absolute atomic E-state index is 5.38. The van der Waals surface area contributed by atoms with Gasteiger partial charge in [0.05, 0.1) is 0 Å². The average molecular weight is 435 g/mol. The van der Waals surface area contributed by atoms with Gasteiger partial charge >= 0.3 is 0 Å². The summed E-state index contributed by atoms with van der Waals surface area (Å²) in [6, 6.07) is 5.95. The summed E-state index contributed by atoms with van der Waals surface area (Å²) in [5.41, 5.74) is 1.13.